The highest BCUT2D eigenvalue weighted by Gasteiger charge is 2.18. The van der Waals surface area contributed by atoms with Gasteiger partial charge in [0.05, 0.1) is 18.2 Å². The number of thiophene rings is 1. The number of rotatable bonds is 6. The van der Waals surface area contributed by atoms with E-state index in [1.807, 2.05) is 44.2 Å². The number of fused-ring (bicyclic) bond motifs is 1. The third-order valence-electron chi connectivity index (χ3n) is 4.97. The lowest BCUT2D eigenvalue weighted by Gasteiger charge is -2.13. The molecule has 0 bridgehead atoms. The molecule has 0 aliphatic rings. The summed E-state index contributed by atoms with van der Waals surface area (Å²) < 4.78 is 7.00. The van der Waals surface area contributed by atoms with Gasteiger partial charge in [-0.1, -0.05) is 42.1 Å². The van der Waals surface area contributed by atoms with Gasteiger partial charge >= 0.3 is 0 Å². The lowest BCUT2D eigenvalue weighted by atomic mass is 10.2. The van der Waals surface area contributed by atoms with Crippen LogP contribution in [0.3, 0.4) is 0 Å². The lowest BCUT2D eigenvalue weighted by molar-refractivity contribution is 0.414. The predicted molar refractivity (Wildman–Crippen MR) is 122 cm³/mol. The fourth-order valence-corrected chi connectivity index (χ4v) is 5.31. The average molecular weight is 423 g/mol. The van der Waals surface area contributed by atoms with Crippen molar-refractivity contribution < 1.29 is 4.74 Å². The van der Waals surface area contributed by atoms with Crippen molar-refractivity contribution >= 4 is 33.3 Å². The van der Waals surface area contributed by atoms with E-state index in [0.29, 0.717) is 0 Å². The van der Waals surface area contributed by atoms with Crippen molar-refractivity contribution in [2.75, 3.05) is 12.9 Å². The summed E-state index contributed by atoms with van der Waals surface area (Å²) in [5.41, 5.74) is 3.09. The fraction of sp³-hybridized carbons (Fsp3) is 0.217. The Hall–Kier alpha value is -2.57. The normalized spacial score (nSPS) is 11.1. The largest absolute Gasteiger partial charge is 0.497 e. The molecule has 0 amide bonds. The van der Waals surface area contributed by atoms with Crippen molar-refractivity contribution in [1.82, 2.24) is 9.55 Å². The Bertz CT molecular complexity index is 1200. The number of aryl methyl sites for hydroxylation is 3. The second-order valence-corrected chi connectivity index (χ2v) is 9.05. The molecular weight excluding hydrogens is 400 g/mol. The van der Waals surface area contributed by atoms with Crippen molar-refractivity contribution in [3.63, 3.8) is 0 Å². The van der Waals surface area contributed by atoms with Gasteiger partial charge in [-0.25, -0.2) is 4.98 Å². The summed E-state index contributed by atoms with van der Waals surface area (Å²) in [7, 11) is 1.64. The van der Waals surface area contributed by atoms with E-state index in [1.54, 1.807) is 34.8 Å². The number of hydrogen-bond acceptors (Lipinski definition) is 5. The first-order valence-electron chi connectivity index (χ1n) is 9.42. The van der Waals surface area contributed by atoms with Crippen LogP contribution in [0.1, 0.15) is 16.0 Å². The SMILES string of the molecule is COc1ccc(-n2c(SCCc3ccccc3)nc3sc(C)c(C)c3c2=O)cc1. The van der Waals surface area contributed by atoms with Crippen molar-refractivity contribution in [1.29, 1.82) is 0 Å². The molecule has 4 aromatic rings. The van der Waals surface area contributed by atoms with Crippen molar-refractivity contribution in [2.45, 2.75) is 25.4 Å². The molecule has 0 radical (unpaired) electrons. The molecule has 0 saturated heterocycles. The molecule has 0 saturated carbocycles. The zero-order chi connectivity index (χ0) is 20.4. The Morgan fingerprint density at radius 2 is 1.79 bits per heavy atom. The fourth-order valence-electron chi connectivity index (χ4n) is 3.24. The molecule has 0 N–H and O–H groups in total. The molecule has 2 heterocycles. The van der Waals surface area contributed by atoms with E-state index in [-0.39, 0.29) is 5.56 Å². The van der Waals surface area contributed by atoms with Crippen molar-refractivity contribution in [3.8, 4) is 11.4 Å². The van der Waals surface area contributed by atoms with Gasteiger partial charge in [0, 0.05) is 10.6 Å². The molecule has 29 heavy (non-hydrogen) atoms. The smallest absolute Gasteiger partial charge is 0.267 e. The number of ether oxygens (including phenoxy) is 1. The van der Waals surface area contributed by atoms with Gasteiger partial charge < -0.3 is 4.74 Å². The third-order valence-corrected chi connectivity index (χ3v) is 7.01. The third kappa shape index (κ3) is 3.95. The molecule has 0 aliphatic carbocycles. The van der Waals surface area contributed by atoms with Gasteiger partial charge in [0.2, 0.25) is 0 Å². The molecule has 0 spiro atoms. The summed E-state index contributed by atoms with van der Waals surface area (Å²) in [6.45, 7) is 4.04. The summed E-state index contributed by atoms with van der Waals surface area (Å²) in [5.74, 6) is 1.61. The zero-order valence-electron chi connectivity index (χ0n) is 16.6. The maximum atomic E-state index is 13.5. The van der Waals surface area contributed by atoms with Crippen LogP contribution in [0.15, 0.2) is 64.5 Å². The molecule has 4 rings (SSSR count). The topological polar surface area (TPSA) is 44.1 Å². The zero-order valence-corrected chi connectivity index (χ0v) is 18.3. The maximum absolute atomic E-state index is 13.5. The molecule has 2 aromatic carbocycles. The van der Waals surface area contributed by atoms with Crippen LogP contribution in [0.2, 0.25) is 0 Å². The summed E-state index contributed by atoms with van der Waals surface area (Å²) in [6, 6.07) is 17.9. The van der Waals surface area contributed by atoms with Crippen LogP contribution in [0.5, 0.6) is 5.75 Å². The van der Waals surface area contributed by atoms with Crippen LogP contribution in [0.4, 0.5) is 0 Å². The van der Waals surface area contributed by atoms with Gasteiger partial charge in [0.15, 0.2) is 5.16 Å². The maximum Gasteiger partial charge on any atom is 0.267 e. The highest BCUT2D eigenvalue weighted by atomic mass is 32.2. The van der Waals surface area contributed by atoms with Crippen LogP contribution >= 0.6 is 23.1 Å². The van der Waals surface area contributed by atoms with Gasteiger partial charge in [0.1, 0.15) is 10.6 Å². The number of nitrogens with zero attached hydrogens (tertiary/aromatic N) is 2. The lowest BCUT2D eigenvalue weighted by Crippen LogP contribution is -2.21. The minimum atomic E-state index is -0.00997. The minimum absolute atomic E-state index is 0.00997. The molecule has 0 fully saturated rings. The summed E-state index contributed by atoms with van der Waals surface area (Å²) >= 11 is 3.21. The highest BCUT2D eigenvalue weighted by Crippen LogP contribution is 2.30. The van der Waals surface area contributed by atoms with Crippen LogP contribution in [-0.4, -0.2) is 22.4 Å². The van der Waals surface area contributed by atoms with E-state index < -0.39 is 0 Å². The van der Waals surface area contributed by atoms with Gasteiger partial charge in [0.25, 0.3) is 5.56 Å². The standard InChI is InChI=1S/C23H22N2O2S2/c1-15-16(2)29-21-20(15)22(26)25(18-9-11-19(27-3)12-10-18)23(24-21)28-14-13-17-7-5-4-6-8-17/h4-12H,13-14H2,1-3H3. The van der Waals surface area contributed by atoms with E-state index in [0.717, 1.165) is 49.4 Å². The van der Waals surface area contributed by atoms with Crippen LogP contribution in [-0.2, 0) is 6.42 Å². The van der Waals surface area contributed by atoms with Crippen molar-refractivity contribution in [3.05, 3.63) is 81.0 Å². The summed E-state index contributed by atoms with van der Waals surface area (Å²) in [5, 5.41) is 1.44. The highest BCUT2D eigenvalue weighted by molar-refractivity contribution is 7.99. The van der Waals surface area contributed by atoms with E-state index in [2.05, 4.69) is 24.3 Å². The van der Waals surface area contributed by atoms with Crippen LogP contribution in [0.25, 0.3) is 15.9 Å². The number of benzene rings is 2. The monoisotopic (exact) mass is 422 g/mol. The first-order valence-corrected chi connectivity index (χ1v) is 11.2. The van der Waals surface area contributed by atoms with E-state index >= 15 is 0 Å². The second kappa shape index (κ2) is 8.43. The van der Waals surface area contributed by atoms with E-state index in [4.69, 9.17) is 9.72 Å². The Labute approximate surface area is 178 Å². The molecule has 148 valence electrons. The van der Waals surface area contributed by atoms with E-state index in [9.17, 15) is 4.79 Å². The summed E-state index contributed by atoms with van der Waals surface area (Å²) in [4.78, 5) is 20.3. The predicted octanol–water partition coefficient (Wildman–Crippen LogP) is 5.41. The summed E-state index contributed by atoms with van der Waals surface area (Å²) in [6.07, 6.45) is 0.921. The Morgan fingerprint density at radius 1 is 1.07 bits per heavy atom. The number of aromatic nitrogens is 2. The molecule has 0 atom stereocenters. The molecular formula is C23H22N2O2S2. The van der Waals surface area contributed by atoms with Gasteiger partial charge in [-0.15, -0.1) is 11.3 Å². The quantitative estimate of drug-likeness (QED) is 0.308. The van der Waals surface area contributed by atoms with Crippen molar-refractivity contribution in [2.24, 2.45) is 0 Å². The minimum Gasteiger partial charge on any atom is -0.497 e. The Morgan fingerprint density at radius 3 is 2.48 bits per heavy atom. The molecule has 2 aromatic heterocycles. The molecule has 4 nitrogen and oxygen atoms in total. The average Bonchev–Trinajstić information content (AvgIpc) is 3.03. The molecule has 6 heteroatoms. The van der Waals surface area contributed by atoms with Gasteiger partial charge in [-0.05, 0) is 55.7 Å². The molecule has 0 aliphatic heterocycles. The Kier molecular flexibility index (Phi) is 5.74. The first-order chi connectivity index (χ1) is 14.1. The molecule has 0 unspecified atom stereocenters. The van der Waals surface area contributed by atoms with Gasteiger partial charge in [-0.2, -0.15) is 0 Å². The van der Waals surface area contributed by atoms with Crippen LogP contribution in [0, 0.1) is 13.8 Å². The Balaban J connectivity index is 1.77. The van der Waals surface area contributed by atoms with Crippen LogP contribution < -0.4 is 10.3 Å². The van der Waals surface area contributed by atoms with Gasteiger partial charge in [-0.3, -0.25) is 9.36 Å². The second-order valence-electron chi connectivity index (χ2n) is 6.78. The first kappa shape index (κ1) is 19.7. The number of hydrogen-bond donors (Lipinski definition) is 0. The van der Waals surface area contributed by atoms with E-state index in [1.165, 1.54) is 5.56 Å². The number of methoxy groups -OCH3 is 1. The number of thioether (sulfide) groups is 1.